The van der Waals surface area contributed by atoms with Gasteiger partial charge in [-0.15, -0.1) is 0 Å². The third kappa shape index (κ3) is 3.61. The van der Waals surface area contributed by atoms with Gasteiger partial charge in [0.25, 0.3) is 5.91 Å². The molecule has 0 saturated carbocycles. The van der Waals surface area contributed by atoms with Crippen molar-refractivity contribution in [3.8, 4) is 0 Å². The van der Waals surface area contributed by atoms with E-state index in [2.05, 4.69) is 27.7 Å². The molecule has 0 aliphatic carbocycles. The molecule has 4 heteroatoms. The van der Waals surface area contributed by atoms with Gasteiger partial charge in [-0.25, -0.2) is 0 Å². The van der Waals surface area contributed by atoms with Crippen LogP contribution >= 0.6 is 0 Å². The molecule has 3 heterocycles. The second-order valence-corrected chi connectivity index (χ2v) is 8.09. The number of rotatable bonds is 5. The number of nitrogens with one attached hydrogen (secondary N) is 2. The van der Waals surface area contributed by atoms with E-state index in [1.54, 1.807) is 0 Å². The fourth-order valence-corrected chi connectivity index (χ4v) is 5.21. The molecular formula is C21H31N3O. The van der Waals surface area contributed by atoms with Crippen LogP contribution in [0.25, 0.3) is 0 Å². The maximum atomic E-state index is 12.6. The van der Waals surface area contributed by atoms with Gasteiger partial charge in [-0.2, -0.15) is 0 Å². The van der Waals surface area contributed by atoms with E-state index < -0.39 is 0 Å². The minimum Gasteiger partial charge on any atom is -0.352 e. The zero-order valence-electron chi connectivity index (χ0n) is 15.2. The van der Waals surface area contributed by atoms with Crippen molar-refractivity contribution in [1.29, 1.82) is 0 Å². The Balaban J connectivity index is 1.33. The van der Waals surface area contributed by atoms with Crippen LogP contribution in [0.4, 0.5) is 0 Å². The van der Waals surface area contributed by atoms with Crippen molar-refractivity contribution in [1.82, 2.24) is 15.5 Å². The molecule has 3 aliphatic rings. The molecule has 0 aromatic heterocycles. The topological polar surface area (TPSA) is 44.4 Å². The van der Waals surface area contributed by atoms with E-state index in [1.807, 2.05) is 12.1 Å². The number of carbonyl (C=O) groups excluding carboxylic acids is 1. The molecule has 0 unspecified atom stereocenters. The zero-order chi connectivity index (χ0) is 17.1. The van der Waals surface area contributed by atoms with Crippen LogP contribution in [0, 0.1) is 0 Å². The van der Waals surface area contributed by atoms with Crippen LogP contribution in [0.1, 0.15) is 66.8 Å². The van der Waals surface area contributed by atoms with Crippen LogP contribution in [-0.4, -0.2) is 49.1 Å². The smallest absolute Gasteiger partial charge is 0.251 e. The second kappa shape index (κ2) is 7.46. The number of nitrogens with zero attached hydrogens (tertiary/aromatic N) is 1. The quantitative estimate of drug-likeness (QED) is 0.865. The fraction of sp³-hybridized carbons (Fsp3) is 0.667. The van der Waals surface area contributed by atoms with E-state index in [9.17, 15) is 4.79 Å². The number of benzene rings is 1. The van der Waals surface area contributed by atoms with Gasteiger partial charge in [-0.1, -0.05) is 12.1 Å². The van der Waals surface area contributed by atoms with Crippen LogP contribution in [-0.2, 0) is 0 Å². The van der Waals surface area contributed by atoms with Gasteiger partial charge < -0.3 is 10.6 Å². The molecule has 0 bridgehead atoms. The third-order valence-corrected chi connectivity index (χ3v) is 6.60. The van der Waals surface area contributed by atoms with Crippen LogP contribution in [0.5, 0.6) is 0 Å². The van der Waals surface area contributed by atoms with Gasteiger partial charge in [0.15, 0.2) is 0 Å². The minimum absolute atomic E-state index is 0.0876. The van der Waals surface area contributed by atoms with E-state index in [0.29, 0.717) is 11.5 Å². The second-order valence-electron chi connectivity index (χ2n) is 8.09. The zero-order valence-corrected chi connectivity index (χ0v) is 15.2. The summed E-state index contributed by atoms with van der Waals surface area (Å²) in [6, 6.07) is 8.25. The summed E-state index contributed by atoms with van der Waals surface area (Å²) in [7, 11) is 0. The predicted octanol–water partition coefficient (Wildman–Crippen LogP) is 2.90. The Labute approximate surface area is 151 Å². The van der Waals surface area contributed by atoms with Crippen molar-refractivity contribution in [2.24, 2.45) is 0 Å². The Morgan fingerprint density at radius 2 is 2.08 bits per heavy atom. The number of hydrogen-bond acceptors (Lipinski definition) is 3. The molecule has 0 radical (unpaired) electrons. The summed E-state index contributed by atoms with van der Waals surface area (Å²) in [6.45, 7) is 5.46. The summed E-state index contributed by atoms with van der Waals surface area (Å²) in [5, 5.41) is 6.65. The van der Waals surface area contributed by atoms with E-state index in [-0.39, 0.29) is 5.91 Å². The van der Waals surface area contributed by atoms with E-state index in [4.69, 9.17) is 0 Å². The highest BCUT2D eigenvalue weighted by molar-refractivity contribution is 5.94. The molecule has 1 aromatic rings. The minimum atomic E-state index is 0.0876. The monoisotopic (exact) mass is 341 g/mol. The highest BCUT2D eigenvalue weighted by Gasteiger charge is 2.43. The van der Waals surface area contributed by atoms with Gasteiger partial charge in [0.2, 0.25) is 0 Å². The molecule has 3 saturated heterocycles. The Hall–Kier alpha value is -1.39. The molecule has 1 atom stereocenters. The van der Waals surface area contributed by atoms with Crippen LogP contribution in [0.15, 0.2) is 24.3 Å². The number of piperidine rings is 1. The molecule has 3 fully saturated rings. The highest BCUT2D eigenvalue weighted by Crippen LogP contribution is 2.40. The summed E-state index contributed by atoms with van der Waals surface area (Å²) in [5.74, 6) is 0.635. The molecule has 2 N–H and O–H groups in total. The molecular weight excluding hydrogens is 310 g/mol. The average molecular weight is 341 g/mol. The van der Waals surface area contributed by atoms with Crippen molar-refractivity contribution in [3.63, 3.8) is 0 Å². The first kappa shape index (κ1) is 17.0. The van der Waals surface area contributed by atoms with Crippen LogP contribution < -0.4 is 10.6 Å². The first-order valence-electron chi connectivity index (χ1n) is 10.1. The number of amides is 1. The molecule has 1 amide bonds. The standard InChI is InChI=1S/C21H31N3O/c25-20(23-12-10-21-8-3-13-24(21)14-4-9-21)18-6-1-5-17(15-18)19-7-2-11-22-16-19/h1,5-6,15,19,22H,2-4,7-14,16H2,(H,23,25)/t19-/m0/s1. The highest BCUT2D eigenvalue weighted by atomic mass is 16.1. The summed E-state index contributed by atoms with van der Waals surface area (Å²) in [6.07, 6.45) is 8.82. The van der Waals surface area contributed by atoms with E-state index >= 15 is 0 Å². The number of carbonyl (C=O) groups is 1. The normalized spacial score (nSPS) is 25.7. The molecule has 1 aromatic carbocycles. The van der Waals surface area contributed by atoms with Gasteiger partial charge in [0.05, 0.1) is 0 Å². The lowest BCUT2D eigenvalue weighted by Gasteiger charge is -2.32. The van der Waals surface area contributed by atoms with Crippen molar-refractivity contribution < 1.29 is 4.79 Å². The maximum absolute atomic E-state index is 12.6. The maximum Gasteiger partial charge on any atom is 0.251 e. The largest absolute Gasteiger partial charge is 0.352 e. The summed E-state index contributed by atoms with van der Waals surface area (Å²) >= 11 is 0. The lowest BCUT2D eigenvalue weighted by Crippen LogP contribution is -2.41. The van der Waals surface area contributed by atoms with Gasteiger partial charge in [0.1, 0.15) is 0 Å². The van der Waals surface area contributed by atoms with Gasteiger partial charge in [-0.3, -0.25) is 9.69 Å². The Bertz CT molecular complexity index is 599. The molecule has 136 valence electrons. The Kier molecular flexibility index (Phi) is 5.09. The SMILES string of the molecule is O=C(NCCC12CCCN1CCC2)c1cccc([C@H]2CCCNC2)c1. The summed E-state index contributed by atoms with van der Waals surface area (Å²) in [4.78, 5) is 15.3. The molecule has 3 aliphatic heterocycles. The lowest BCUT2D eigenvalue weighted by atomic mass is 9.90. The van der Waals surface area contributed by atoms with Crippen LogP contribution in [0.3, 0.4) is 0 Å². The van der Waals surface area contributed by atoms with Crippen molar-refractivity contribution in [2.75, 3.05) is 32.7 Å². The Morgan fingerprint density at radius 1 is 1.24 bits per heavy atom. The number of hydrogen-bond donors (Lipinski definition) is 2. The fourth-order valence-electron chi connectivity index (χ4n) is 5.21. The lowest BCUT2D eigenvalue weighted by molar-refractivity contribution is 0.0942. The molecule has 4 nitrogen and oxygen atoms in total. The van der Waals surface area contributed by atoms with Gasteiger partial charge >= 0.3 is 0 Å². The van der Waals surface area contributed by atoms with Crippen molar-refractivity contribution >= 4 is 5.91 Å². The number of fused-ring (bicyclic) bond motifs is 1. The summed E-state index contributed by atoms with van der Waals surface area (Å²) in [5.41, 5.74) is 2.51. The predicted molar refractivity (Wildman–Crippen MR) is 101 cm³/mol. The van der Waals surface area contributed by atoms with Gasteiger partial charge in [-0.05, 0) is 88.2 Å². The average Bonchev–Trinajstić information content (AvgIpc) is 3.22. The first-order chi connectivity index (χ1) is 12.3. The molecule has 4 rings (SSSR count). The van der Waals surface area contributed by atoms with Crippen molar-refractivity contribution in [2.45, 2.75) is 56.4 Å². The van der Waals surface area contributed by atoms with E-state index in [0.717, 1.165) is 31.6 Å². The first-order valence-corrected chi connectivity index (χ1v) is 10.1. The van der Waals surface area contributed by atoms with Gasteiger partial charge in [0, 0.05) is 24.2 Å². The van der Waals surface area contributed by atoms with E-state index in [1.165, 1.54) is 57.2 Å². The summed E-state index contributed by atoms with van der Waals surface area (Å²) < 4.78 is 0. The van der Waals surface area contributed by atoms with Crippen molar-refractivity contribution in [3.05, 3.63) is 35.4 Å². The third-order valence-electron chi connectivity index (χ3n) is 6.60. The van der Waals surface area contributed by atoms with Crippen LogP contribution in [0.2, 0.25) is 0 Å². The Morgan fingerprint density at radius 3 is 2.84 bits per heavy atom. The molecule has 25 heavy (non-hydrogen) atoms. The molecule has 0 spiro atoms.